The maximum absolute atomic E-state index is 5.44. The molecule has 0 spiro atoms. The molecule has 6 aromatic carbocycles. The summed E-state index contributed by atoms with van der Waals surface area (Å²) < 4.78 is 12.0. The fraction of sp³-hybridized carbons (Fsp3) is 0.0526. The van der Waals surface area contributed by atoms with Crippen molar-refractivity contribution in [1.82, 2.24) is 0 Å². The van der Waals surface area contributed by atoms with Crippen LogP contribution in [0.15, 0.2) is 162 Å². The van der Waals surface area contributed by atoms with Crippen LogP contribution in [0.25, 0.3) is 0 Å². The lowest BCUT2D eigenvalue weighted by molar-refractivity contribution is 0.415. The lowest BCUT2D eigenvalue weighted by Gasteiger charge is -2.35. The Morgan fingerprint density at radius 1 is 0.419 bits per heavy atom. The summed E-state index contributed by atoms with van der Waals surface area (Å²) >= 11 is 3.66. The molecule has 0 heterocycles. The molecule has 5 heteroatoms. The minimum Gasteiger partial charge on any atom is -0.497 e. The average Bonchev–Trinajstić information content (AvgIpc) is 3.08. The Kier molecular flexibility index (Phi) is 8.45. The highest BCUT2D eigenvalue weighted by Crippen LogP contribution is 2.36. The maximum atomic E-state index is 5.44. The van der Waals surface area contributed by atoms with E-state index in [-0.39, 0.29) is 0 Å². The van der Waals surface area contributed by atoms with Crippen LogP contribution in [0.1, 0.15) is 0 Å². The Hall–Kier alpha value is -4.58. The Bertz CT molecular complexity index is 1670. The molecule has 212 valence electrons. The molecule has 0 atom stereocenters. The molecule has 0 N–H and O–H groups in total. The second-order valence-corrected chi connectivity index (χ2v) is 15.0. The molecule has 0 bridgehead atoms. The number of ether oxygens (including phenoxy) is 2. The molecular weight excluding hydrogens is 610 g/mol. The van der Waals surface area contributed by atoms with Gasteiger partial charge in [0.1, 0.15) is 11.5 Å². The van der Waals surface area contributed by atoms with Gasteiger partial charge in [0.05, 0.1) is 14.2 Å². The molecule has 43 heavy (non-hydrogen) atoms. The standard InChI is InChI=1S/C38H32BrNO2Si/c1-41-33-21-15-30(16-22-33)40(31-17-23-34(42-2)24-18-31)32-19-27-38(28-20-32)43(35-9-5-3-6-10-35,36-11-7-4-8-12-36)37-25-13-29(39)14-26-37/h3-28H,1-2H3. The zero-order chi connectivity index (χ0) is 29.6. The zero-order valence-corrected chi connectivity index (χ0v) is 26.7. The number of benzene rings is 6. The van der Waals surface area contributed by atoms with E-state index >= 15 is 0 Å². The molecule has 0 saturated carbocycles. The van der Waals surface area contributed by atoms with Crippen molar-refractivity contribution in [3.63, 3.8) is 0 Å². The van der Waals surface area contributed by atoms with E-state index in [0.29, 0.717) is 0 Å². The first kappa shape index (κ1) is 28.5. The monoisotopic (exact) mass is 641 g/mol. The molecule has 3 nitrogen and oxygen atoms in total. The average molecular weight is 643 g/mol. The van der Waals surface area contributed by atoms with Gasteiger partial charge in [-0.25, -0.2) is 0 Å². The quantitative estimate of drug-likeness (QED) is 0.122. The van der Waals surface area contributed by atoms with Crippen LogP contribution >= 0.6 is 15.9 Å². The summed E-state index contributed by atoms with van der Waals surface area (Å²) in [6, 6.07) is 56.3. The first-order valence-electron chi connectivity index (χ1n) is 14.2. The van der Waals surface area contributed by atoms with Gasteiger partial charge in [0.2, 0.25) is 0 Å². The van der Waals surface area contributed by atoms with Gasteiger partial charge in [0.25, 0.3) is 0 Å². The van der Waals surface area contributed by atoms with Crippen LogP contribution in [0.3, 0.4) is 0 Å². The highest BCUT2D eigenvalue weighted by molar-refractivity contribution is 9.10. The van der Waals surface area contributed by atoms with Crippen LogP contribution in [-0.2, 0) is 0 Å². The Morgan fingerprint density at radius 2 is 0.744 bits per heavy atom. The van der Waals surface area contributed by atoms with E-state index in [9.17, 15) is 0 Å². The van der Waals surface area contributed by atoms with Crippen molar-refractivity contribution in [1.29, 1.82) is 0 Å². The third-order valence-electron chi connectivity index (χ3n) is 7.91. The normalized spacial score (nSPS) is 11.1. The summed E-state index contributed by atoms with van der Waals surface area (Å²) in [5.74, 6) is 1.65. The van der Waals surface area contributed by atoms with E-state index in [1.54, 1.807) is 14.2 Å². The number of methoxy groups -OCH3 is 2. The summed E-state index contributed by atoms with van der Waals surface area (Å²) in [5.41, 5.74) is 3.15. The number of halogens is 1. The fourth-order valence-corrected chi connectivity index (χ4v) is 10.8. The zero-order valence-electron chi connectivity index (χ0n) is 24.2. The van der Waals surface area contributed by atoms with Crippen molar-refractivity contribution in [3.05, 3.63) is 162 Å². The first-order chi connectivity index (χ1) is 21.1. The number of hydrogen-bond donors (Lipinski definition) is 0. The molecule has 0 aromatic heterocycles. The number of hydrogen-bond acceptors (Lipinski definition) is 3. The topological polar surface area (TPSA) is 21.7 Å². The summed E-state index contributed by atoms with van der Waals surface area (Å²) in [4.78, 5) is 2.26. The maximum Gasteiger partial charge on any atom is 0.179 e. The van der Waals surface area contributed by atoms with Gasteiger partial charge in [-0.3, -0.25) is 0 Å². The molecule has 0 unspecified atom stereocenters. The molecule has 0 radical (unpaired) electrons. The number of rotatable bonds is 9. The van der Waals surface area contributed by atoms with Gasteiger partial charge < -0.3 is 14.4 Å². The van der Waals surface area contributed by atoms with Gasteiger partial charge in [-0.15, -0.1) is 0 Å². The van der Waals surface area contributed by atoms with Crippen molar-refractivity contribution in [2.24, 2.45) is 0 Å². The minimum atomic E-state index is -2.64. The van der Waals surface area contributed by atoms with Crippen molar-refractivity contribution in [2.75, 3.05) is 19.1 Å². The van der Waals surface area contributed by atoms with Crippen LogP contribution in [0, 0.1) is 0 Å². The minimum absolute atomic E-state index is 0.824. The van der Waals surface area contributed by atoms with Crippen LogP contribution in [-0.4, -0.2) is 22.3 Å². The highest BCUT2D eigenvalue weighted by Gasteiger charge is 2.41. The molecule has 6 aromatic rings. The van der Waals surface area contributed by atoms with Crippen LogP contribution in [0.4, 0.5) is 17.1 Å². The third kappa shape index (κ3) is 5.62. The van der Waals surface area contributed by atoms with Gasteiger partial charge in [-0.05, 0) is 93.5 Å². The molecule has 0 fully saturated rings. The lowest BCUT2D eigenvalue weighted by atomic mass is 10.2. The van der Waals surface area contributed by atoms with Crippen molar-refractivity contribution >= 4 is 61.8 Å². The Morgan fingerprint density at radius 3 is 1.12 bits per heavy atom. The molecule has 0 aliphatic carbocycles. The molecule has 0 saturated heterocycles. The third-order valence-corrected chi connectivity index (χ3v) is 13.2. The van der Waals surface area contributed by atoms with Gasteiger partial charge in [0.15, 0.2) is 8.07 Å². The molecule has 6 rings (SSSR count). The number of nitrogens with zero attached hydrogens (tertiary/aromatic N) is 1. The predicted molar refractivity (Wildman–Crippen MR) is 186 cm³/mol. The summed E-state index contributed by atoms with van der Waals surface area (Å²) in [5, 5.41) is 5.35. The van der Waals surface area contributed by atoms with Crippen molar-refractivity contribution in [3.8, 4) is 11.5 Å². The summed E-state index contributed by atoms with van der Waals surface area (Å²) in [7, 11) is 0.745. The Labute approximate surface area is 263 Å². The van der Waals surface area contributed by atoms with Gasteiger partial charge in [-0.1, -0.05) is 101 Å². The van der Waals surface area contributed by atoms with Gasteiger partial charge in [-0.2, -0.15) is 0 Å². The second kappa shape index (κ2) is 12.7. The fourth-order valence-electron chi connectivity index (χ4n) is 5.85. The van der Waals surface area contributed by atoms with Crippen molar-refractivity contribution < 1.29 is 9.47 Å². The van der Waals surface area contributed by atoms with Gasteiger partial charge >= 0.3 is 0 Å². The number of anilines is 3. The van der Waals surface area contributed by atoms with Crippen LogP contribution in [0.2, 0.25) is 0 Å². The smallest absolute Gasteiger partial charge is 0.179 e. The van der Waals surface area contributed by atoms with Crippen LogP contribution < -0.4 is 35.1 Å². The predicted octanol–water partition coefficient (Wildman–Crippen LogP) is 7.31. The van der Waals surface area contributed by atoms with E-state index in [1.807, 2.05) is 24.3 Å². The lowest BCUT2D eigenvalue weighted by Crippen LogP contribution is -2.74. The SMILES string of the molecule is COc1ccc(N(c2ccc(OC)cc2)c2ccc([Si](c3ccccc3)(c3ccccc3)c3ccc(Br)cc3)cc2)cc1. The van der Waals surface area contributed by atoms with E-state index in [4.69, 9.17) is 9.47 Å². The molecule has 0 aliphatic heterocycles. The van der Waals surface area contributed by atoms with E-state index in [1.165, 1.54) is 20.7 Å². The molecular formula is C38H32BrNO2Si. The van der Waals surface area contributed by atoms with E-state index in [2.05, 4.69) is 154 Å². The first-order valence-corrected chi connectivity index (χ1v) is 17.0. The van der Waals surface area contributed by atoms with Crippen molar-refractivity contribution in [2.45, 2.75) is 0 Å². The largest absolute Gasteiger partial charge is 0.497 e. The van der Waals surface area contributed by atoms with Gasteiger partial charge in [0, 0.05) is 21.5 Å². The van der Waals surface area contributed by atoms with Crippen LogP contribution in [0.5, 0.6) is 11.5 Å². The highest BCUT2D eigenvalue weighted by atomic mass is 79.9. The molecule has 0 amide bonds. The Balaban J connectivity index is 1.54. The summed E-state index contributed by atoms with van der Waals surface area (Å²) in [6.45, 7) is 0. The molecule has 0 aliphatic rings. The van der Waals surface area contributed by atoms with E-state index < -0.39 is 8.07 Å². The summed E-state index contributed by atoms with van der Waals surface area (Å²) in [6.07, 6.45) is 0. The van der Waals surface area contributed by atoms with E-state index in [0.717, 1.165) is 33.0 Å². The second-order valence-electron chi connectivity index (χ2n) is 10.3.